The van der Waals surface area contributed by atoms with Crippen molar-refractivity contribution >= 4 is 29.0 Å². The summed E-state index contributed by atoms with van der Waals surface area (Å²) in [6, 6.07) is 6.26. The van der Waals surface area contributed by atoms with Crippen LogP contribution in [0.15, 0.2) is 30.6 Å². The van der Waals surface area contributed by atoms with Gasteiger partial charge in [-0.15, -0.1) is 0 Å². The van der Waals surface area contributed by atoms with E-state index in [1.165, 1.54) is 13.4 Å². The second-order valence-corrected chi connectivity index (χ2v) is 7.35. The number of hydrogen-bond donors (Lipinski definition) is 2. The number of nitrogens with zero attached hydrogens (tertiary/aromatic N) is 4. The first-order valence-corrected chi connectivity index (χ1v) is 10.1. The molecule has 1 saturated heterocycles. The van der Waals surface area contributed by atoms with Gasteiger partial charge < -0.3 is 25.1 Å². The second-order valence-electron chi connectivity index (χ2n) is 7.35. The monoisotopic (exact) mass is 434 g/mol. The number of piperidine rings is 1. The highest BCUT2D eigenvalue weighted by Gasteiger charge is 2.23. The Morgan fingerprint density at radius 1 is 1.22 bits per heavy atom. The van der Waals surface area contributed by atoms with Crippen molar-refractivity contribution in [2.45, 2.75) is 19.3 Å². The molecular formula is C22H22N6O4. The van der Waals surface area contributed by atoms with Crippen LogP contribution >= 0.6 is 0 Å². The molecule has 4 rings (SSSR count). The average Bonchev–Trinajstić information content (AvgIpc) is 3.29. The Morgan fingerprint density at radius 3 is 2.69 bits per heavy atom. The lowest BCUT2D eigenvalue weighted by atomic mass is 9.94. The minimum atomic E-state index is -0.440. The number of aromatic nitrogens is 4. The van der Waals surface area contributed by atoms with Gasteiger partial charge in [0.1, 0.15) is 11.3 Å². The van der Waals surface area contributed by atoms with Crippen molar-refractivity contribution in [2.24, 2.45) is 5.92 Å². The molecule has 3 aromatic rings. The Bertz CT molecular complexity index is 1190. The number of esters is 1. The average molecular weight is 434 g/mol. The number of anilines is 1. The number of ether oxygens (including phenoxy) is 2. The number of fused-ring (bicyclic) bond motifs is 1. The van der Waals surface area contributed by atoms with Gasteiger partial charge in [-0.3, -0.25) is 0 Å². The molecule has 1 aliphatic rings. The normalized spacial score (nSPS) is 14.0. The van der Waals surface area contributed by atoms with Crippen molar-refractivity contribution in [3.63, 3.8) is 0 Å². The Morgan fingerprint density at radius 2 is 1.97 bits per heavy atom. The van der Waals surface area contributed by atoms with Gasteiger partial charge in [-0.05, 0) is 48.9 Å². The molecule has 1 amide bonds. The third-order valence-corrected chi connectivity index (χ3v) is 5.25. The molecule has 10 nitrogen and oxygen atoms in total. The maximum atomic E-state index is 12.4. The Labute approximate surface area is 184 Å². The summed E-state index contributed by atoms with van der Waals surface area (Å²) in [4.78, 5) is 41.0. The van der Waals surface area contributed by atoms with Crippen LogP contribution in [0.5, 0.6) is 5.75 Å². The zero-order valence-electron chi connectivity index (χ0n) is 17.5. The molecule has 32 heavy (non-hydrogen) atoms. The highest BCUT2D eigenvalue weighted by atomic mass is 16.6. The molecule has 164 valence electrons. The third-order valence-electron chi connectivity index (χ3n) is 5.25. The maximum Gasteiger partial charge on any atom is 0.415 e. The molecule has 1 fully saturated rings. The number of aromatic amines is 1. The summed E-state index contributed by atoms with van der Waals surface area (Å²) in [5, 5.41) is 0. The van der Waals surface area contributed by atoms with Gasteiger partial charge in [0, 0.05) is 19.5 Å². The van der Waals surface area contributed by atoms with E-state index in [2.05, 4.69) is 36.5 Å². The highest BCUT2D eigenvalue weighted by molar-refractivity contribution is 5.89. The first-order valence-electron chi connectivity index (χ1n) is 10.1. The van der Waals surface area contributed by atoms with Gasteiger partial charge in [0.25, 0.3) is 0 Å². The summed E-state index contributed by atoms with van der Waals surface area (Å²) in [6.07, 6.45) is 3.45. The predicted molar refractivity (Wildman–Crippen MR) is 116 cm³/mol. The highest BCUT2D eigenvalue weighted by Crippen LogP contribution is 2.22. The number of hydrogen-bond acceptors (Lipinski definition) is 8. The number of nitrogens with two attached hydrogens (primary N) is 1. The van der Waals surface area contributed by atoms with E-state index in [0.717, 1.165) is 12.8 Å². The molecule has 0 spiro atoms. The van der Waals surface area contributed by atoms with Crippen LogP contribution < -0.4 is 10.5 Å². The molecule has 1 aromatic carbocycles. The first kappa shape index (κ1) is 21.1. The summed E-state index contributed by atoms with van der Waals surface area (Å²) in [5.74, 6) is 7.05. The van der Waals surface area contributed by atoms with Gasteiger partial charge in [0.05, 0.1) is 19.0 Å². The molecule has 0 aliphatic carbocycles. The van der Waals surface area contributed by atoms with E-state index in [1.807, 2.05) is 0 Å². The van der Waals surface area contributed by atoms with E-state index in [4.69, 9.17) is 10.5 Å². The Balaban J connectivity index is 1.26. The van der Waals surface area contributed by atoms with E-state index >= 15 is 0 Å². The lowest BCUT2D eigenvalue weighted by Crippen LogP contribution is -2.40. The Kier molecular flexibility index (Phi) is 6.17. The lowest BCUT2D eigenvalue weighted by Gasteiger charge is -2.30. The summed E-state index contributed by atoms with van der Waals surface area (Å²) in [5.41, 5.74) is 7.37. The van der Waals surface area contributed by atoms with E-state index < -0.39 is 12.1 Å². The maximum absolute atomic E-state index is 12.4. The Hall–Kier alpha value is -4.13. The van der Waals surface area contributed by atoms with Crippen molar-refractivity contribution in [3.8, 4) is 17.6 Å². The number of imidazole rings is 1. The van der Waals surface area contributed by atoms with Crippen molar-refractivity contribution in [1.29, 1.82) is 0 Å². The van der Waals surface area contributed by atoms with E-state index in [-0.39, 0.29) is 0 Å². The van der Waals surface area contributed by atoms with Crippen molar-refractivity contribution in [2.75, 3.05) is 25.9 Å². The van der Waals surface area contributed by atoms with Crippen LogP contribution in [0.25, 0.3) is 11.2 Å². The van der Waals surface area contributed by atoms with Gasteiger partial charge in [0.15, 0.2) is 11.5 Å². The van der Waals surface area contributed by atoms with E-state index in [9.17, 15) is 9.59 Å². The summed E-state index contributed by atoms with van der Waals surface area (Å²) in [7, 11) is 1.31. The molecule has 0 saturated carbocycles. The first-order chi connectivity index (χ1) is 15.5. The zero-order valence-corrected chi connectivity index (χ0v) is 17.5. The van der Waals surface area contributed by atoms with Crippen LogP contribution in [0.4, 0.5) is 10.6 Å². The molecule has 1 aliphatic heterocycles. The molecule has 0 radical (unpaired) electrons. The molecule has 2 aromatic heterocycles. The second kappa shape index (κ2) is 9.34. The fourth-order valence-electron chi connectivity index (χ4n) is 3.45. The number of benzene rings is 1. The van der Waals surface area contributed by atoms with Crippen LogP contribution in [0, 0.1) is 17.8 Å². The van der Waals surface area contributed by atoms with Crippen molar-refractivity contribution in [1.82, 2.24) is 24.8 Å². The zero-order chi connectivity index (χ0) is 22.5. The minimum absolute atomic E-state index is 0.298. The van der Waals surface area contributed by atoms with E-state index in [0.29, 0.717) is 59.5 Å². The molecule has 0 unspecified atom stereocenters. The fourth-order valence-corrected chi connectivity index (χ4v) is 3.45. The van der Waals surface area contributed by atoms with Gasteiger partial charge in [-0.1, -0.05) is 5.92 Å². The van der Waals surface area contributed by atoms with Crippen molar-refractivity contribution < 1.29 is 19.1 Å². The van der Waals surface area contributed by atoms with Gasteiger partial charge >= 0.3 is 12.1 Å². The number of carbonyl (C=O) groups excluding carboxylic acids is 2. The van der Waals surface area contributed by atoms with Crippen molar-refractivity contribution in [3.05, 3.63) is 42.0 Å². The number of carbonyl (C=O) groups is 2. The molecule has 10 heteroatoms. The number of H-pyrrole nitrogens is 1. The number of likely N-dealkylation sites (tertiary alicyclic amines) is 1. The standard InChI is InChI=1S/C22H22N6O4/c1-31-21(29)15-5-7-16(8-6-15)32-22(30)28-11-9-14(10-12-28)3-2-4-17-26-19(23)18-20(27-17)25-13-24-18/h5-8,13-14H,3,9-12H2,1H3,(H3,23,24,25,26,27). The van der Waals surface area contributed by atoms with Crippen LogP contribution in [0.3, 0.4) is 0 Å². The molecular weight excluding hydrogens is 412 g/mol. The molecule has 0 bridgehead atoms. The topological polar surface area (TPSA) is 136 Å². The smallest absolute Gasteiger partial charge is 0.415 e. The van der Waals surface area contributed by atoms with Crippen LogP contribution in [0.1, 0.15) is 35.4 Å². The van der Waals surface area contributed by atoms with Crippen LogP contribution in [0.2, 0.25) is 0 Å². The summed E-state index contributed by atoms with van der Waals surface area (Å²) >= 11 is 0. The van der Waals surface area contributed by atoms with Gasteiger partial charge in [-0.2, -0.15) is 0 Å². The molecule has 3 N–H and O–H groups in total. The quantitative estimate of drug-likeness (QED) is 0.474. The van der Waals surface area contributed by atoms with Crippen LogP contribution in [-0.2, 0) is 4.74 Å². The SMILES string of the molecule is COC(=O)c1ccc(OC(=O)N2CCC(CC#Cc3nc(N)c4nc[nH]c4n3)CC2)cc1. The molecule has 0 atom stereocenters. The third kappa shape index (κ3) is 4.78. The fraction of sp³-hybridized carbons (Fsp3) is 0.318. The molecule has 3 heterocycles. The number of nitrogens with one attached hydrogen (secondary N) is 1. The summed E-state index contributed by atoms with van der Waals surface area (Å²) < 4.78 is 10.1. The van der Waals surface area contributed by atoms with Gasteiger partial charge in [-0.25, -0.2) is 24.5 Å². The lowest BCUT2D eigenvalue weighted by molar-refractivity contribution is 0.0600. The minimum Gasteiger partial charge on any atom is -0.465 e. The number of nitrogen functional groups attached to an aromatic ring is 1. The predicted octanol–water partition coefficient (Wildman–Crippen LogP) is 2.37. The van der Waals surface area contributed by atoms with Gasteiger partial charge in [0.2, 0.25) is 5.82 Å². The number of methoxy groups -OCH3 is 1. The largest absolute Gasteiger partial charge is 0.465 e. The summed E-state index contributed by atoms with van der Waals surface area (Å²) in [6.45, 7) is 1.18. The number of amides is 1. The number of rotatable bonds is 3. The van der Waals surface area contributed by atoms with Crippen LogP contribution in [-0.4, -0.2) is 57.1 Å². The van der Waals surface area contributed by atoms with E-state index in [1.54, 1.807) is 29.2 Å².